The average Bonchev–Trinajstić information content (AvgIpc) is 3.26. The van der Waals surface area contributed by atoms with E-state index in [4.69, 9.17) is 4.74 Å². The van der Waals surface area contributed by atoms with Gasteiger partial charge in [0.1, 0.15) is 23.9 Å². The molecule has 0 spiro atoms. The fourth-order valence-electron chi connectivity index (χ4n) is 5.27. The van der Waals surface area contributed by atoms with Crippen molar-refractivity contribution in [2.75, 3.05) is 41.4 Å². The molecule has 9 nitrogen and oxygen atoms in total. The van der Waals surface area contributed by atoms with E-state index >= 15 is 0 Å². The van der Waals surface area contributed by atoms with Gasteiger partial charge in [-0.3, -0.25) is 9.59 Å². The second-order valence-electron chi connectivity index (χ2n) is 9.89. The van der Waals surface area contributed by atoms with Crippen LogP contribution in [0.2, 0.25) is 0 Å². The summed E-state index contributed by atoms with van der Waals surface area (Å²) < 4.78 is 34.8. The van der Waals surface area contributed by atoms with Gasteiger partial charge in [-0.25, -0.2) is 18.7 Å². The molecule has 6 rings (SSSR count). The lowest BCUT2D eigenvalue weighted by Crippen LogP contribution is -2.57. The lowest BCUT2D eigenvalue weighted by molar-refractivity contribution is -0.112. The first-order valence-electron chi connectivity index (χ1n) is 12.8. The number of Topliss-reactive ketones (excluding diaryl/α,β-unsaturated/α-hetero) is 1. The van der Waals surface area contributed by atoms with Crippen LogP contribution in [0.4, 0.5) is 26.1 Å². The van der Waals surface area contributed by atoms with E-state index in [-0.39, 0.29) is 11.7 Å². The molecule has 4 heterocycles. The number of amides is 1. The summed E-state index contributed by atoms with van der Waals surface area (Å²) in [6, 6.07) is 13.0. The third kappa shape index (κ3) is 4.63. The number of carbonyl (C=O) groups excluding carboxylic acids is 2. The van der Waals surface area contributed by atoms with Crippen molar-refractivity contribution in [2.45, 2.75) is 13.0 Å². The molecule has 2 aliphatic heterocycles. The third-order valence-electron chi connectivity index (χ3n) is 7.36. The number of ether oxygens (including phenoxy) is 1. The average molecular weight is 545 g/mol. The zero-order valence-electron chi connectivity index (χ0n) is 21.9. The minimum Gasteiger partial charge on any atom is -0.489 e. The van der Waals surface area contributed by atoms with E-state index in [2.05, 4.69) is 20.2 Å². The molecule has 0 aliphatic carbocycles. The number of piperazine rings is 1. The van der Waals surface area contributed by atoms with Gasteiger partial charge in [-0.05, 0) is 42.8 Å². The van der Waals surface area contributed by atoms with Crippen LogP contribution in [0, 0.1) is 18.6 Å². The normalized spacial score (nSPS) is 16.1. The molecule has 40 heavy (non-hydrogen) atoms. The van der Waals surface area contributed by atoms with E-state index in [0.29, 0.717) is 54.8 Å². The number of hydrogen-bond acceptors (Lipinski definition) is 7. The third-order valence-corrected chi connectivity index (χ3v) is 7.36. The number of nitrogens with zero attached hydrogens (tertiary/aromatic N) is 5. The SMILES string of the molecule is Cc1cc(-c2cccc(F)c2)c(C(=O)C(=O)Nc2ccc3c(c2)OCC2CN(c4ncc(F)cn4)CCN32)n1C. The van der Waals surface area contributed by atoms with E-state index in [9.17, 15) is 18.4 Å². The summed E-state index contributed by atoms with van der Waals surface area (Å²) in [5, 5.41) is 2.69. The number of carbonyl (C=O) groups is 2. The summed E-state index contributed by atoms with van der Waals surface area (Å²) >= 11 is 0. The summed E-state index contributed by atoms with van der Waals surface area (Å²) in [5.74, 6) is -1.36. The van der Waals surface area contributed by atoms with Crippen LogP contribution in [-0.4, -0.2) is 58.5 Å². The summed E-state index contributed by atoms with van der Waals surface area (Å²) in [5.41, 5.74) is 3.25. The number of nitrogens with one attached hydrogen (secondary N) is 1. The van der Waals surface area contributed by atoms with Crippen molar-refractivity contribution in [3.8, 4) is 16.9 Å². The molecule has 4 aromatic rings. The van der Waals surface area contributed by atoms with E-state index in [1.54, 1.807) is 41.9 Å². The van der Waals surface area contributed by atoms with Gasteiger partial charge in [0.15, 0.2) is 5.82 Å². The van der Waals surface area contributed by atoms with E-state index in [1.807, 2.05) is 17.9 Å². The van der Waals surface area contributed by atoms with Crippen LogP contribution >= 0.6 is 0 Å². The first kappa shape index (κ1) is 25.5. The van der Waals surface area contributed by atoms with Gasteiger partial charge in [-0.15, -0.1) is 0 Å². The summed E-state index contributed by atoms with van der Waals surface area (Å²) in [7, 11) is 1.70. The molecule has 204 valence electrons. The number of aromatic nitrogens is 3. The Balaban J connectivity index is 1.18. The Kier molecular flexibility index (Phi) is 6.41. The molecule has 2 aromatic heterocycles. The summed E-state index contributed by atoms with van der Waals surface area (Å²) in [6.07, 6.45) is 2.31. The van der Waals surface area contributed by atoms with Gasteiger partial charge in [0.05, 0.1) is 24.1 Å². The summed E-state index contributed by atoms with van der Waals surface area (Å²) in [4.78, 5) is 38.8. The number of hydrogen-bond donors (Lipinski definition) is 1. The van der Waals surface area contributed by atoms with Crippen molar-refractivity contribution in [1.82, 2.24) is 14.5 Å². The lowest BCUT2D eigenvalue weighted by Gasteiger charge is -2.45. The highest BCUT2D eigenvalue weighted by atomic mass is 19.1. The zero-order valence-corrected chi connectivity index (χ0v) is 21.9. The van der Waals surface area contributed by atoms with Gasteiger partial charge >= 0.3 is 0 Å². The molecule has 1 atom stereocenters. The van der Waals surface area contributed by atoms with Gasteiger partial charge < -0.3 is 24.4 Å². The highest BCUT2D eigenvalue weighted by Gasteiger charge is 2.34. The Morgan fingerprint density at radius 1 is 1.02 bits per heavy atom. The number of anilines is 3. The molecule has 1 N–H and O–H groups in total. The molecule has 0 radical (unpaired) electrons. The maximum Gasteiger partial charge on any atom is 0.298 e. The Morgan fingerprint density at radius 2 is 1.82 bits per heavy atom. The van der Waals surface area contributed by atoms with Crippen molar-refractivity contribution in [3.63, 3.8) is 0 Å². The highest BCUT2D eigenvalue weighted by Crippen LogP contribution is 2.38. The largest absolute Gasteiger partial charge is 0.489 e. The number of fused-ring (bicyclic) bond motifs is 3. The molecule has 0 bridgehead atoms. The number of rotatable bonds is 5. The van der Waals surface area contributed by atoms with Crippen molar-refractivity contribution < 1.29 is 23.1 Å². The van der Waals surface area contributed by atoms with Crippen molar-refractivity contribution in [3.05, 3.63) is 83.9 Å². The second kappa shape index (κ2) is 10.1. The lowest BCUT2D eigenvalue weighted by atomic mass is 10.0. The Labute approximate surface area is 229 Å². The highest BCUT2D eigenvalue weighted by molar-refractivity contribution is 6.47. The predicted molar refractivity (Wildman–Crippen MR) is 146 cm³/mol. The zero-order chi connectivity index (χ0) is 28.0. The number of ketones is 1. The molecule has 1 unspecified atom stereocenters. The molecule has 1 saturated heterocycles. The van der Waals surface area contributed by atoms with Gasteiger partial charge in [-0.1, -0.05) is 12.1 Å². The number of benzene rings is 2. The number of aryl methyl sites for hydroxylation is 1. The maximum absolute atomic E-state index is 13.9. The van der Waals surface area contributed by atoms with E-state index < -0.39 is 23.3 Å². The molecule has 1 fully saturated rings. The topological polar surface area (TPSA) is 92.6 Å². The minimum atomic E-state index is -0.805. The van der Waals surface area contributed by atoms with Gasteiger partial charge in [-0.2, -0.15) is 0 Å². The minimum absolute atomic E-state index is 0.0405. The van der Waals surface area contributed by atoms with Gasteiger partial charge in [0, 0.05) is 49.7 Å². The van der Waals surface area contributed by atoms with Crippen LogP contribution in [0.25, 0.3) is 11.1 Å². The molecular weight excluding hydrogens is 518 g/mol. The maximum atomic E-state index is 13.9. The van der Waals surface area contributed by atoms with Gasteiger partial charge in [0.2, 0.25) is 5.95 Å². The second-order valence-corrected chi connectivity index (χ2v) is 9.89. The Bertz CT molecular complexity index is 1620. The van der Waals surface area contributed by atoms with Crippen LogP contribution in [0.1, 0.15) is 16.2 Å². The van der Waals surface area contributed by atoms with Crippen molar-refractivity contribution in [2.24, 2.45) is 7.05 Å². The monoisotopic (exact) mass is 544 g/mol. The summed E-state index contributed by atoms with van der Waals surface area (Å²) in [6.45, 7) is 4.17. The molecule has 0 saturated carbocycles. The Morgan fingerprint density at radius 3 is 2.60 bits per heavy atom. The molecule has 1 amide bonds. The Hall–Kier alpha value is -4.80. The standard InChI is InChI=1S/C29H26F2N6O3/c1-17-10-23(18-4-3-5-19(30)11-18)26(35(17)2)27(38)28(39)34-21-6-7-24-25(12-21)40-16-22-15-36(8-9-37(22)24)29-32-13-20(31)14-33-29/h3-7,10-14,22H,8-9,15-16H2,1-2H3,(H,34,39). The van der Waals surface area contributed by atoms with E-state index in [1.165, 1.54) is 12.1 Å². The fourth-order valence-corrected chi connectivity index (χ4v) is 5.27. The van der Waals surface area contributed by atoms with Gasteiger partial charge in [0.25, 0.3) is 11.7 Å². The van der Waals surface area contributed by atoms with E-state index in [0.717, 1.165) is 23.8 Å². The van der Waals surface area contributed by atoms with Crippen LogP contribution in [0.5, 0.6) is 5.75 Å². The van der Waals surface area contributed by atoms with Crippen molar-refractivity contribution >= 4 is 29.0 Å². The first-order valence-corrected chi connectivity index (χ1v) is 12.8. The molecular formula is C29H26F2N6O3. The number of halogens is 2. The first-order chi connectivity index (χ1) is 19.3. The molecule has 2 aliphatic rings. The quantitative estimate of drug-likeness (QED) is 0.300. The smallest absolute Gasteiger partial charge is 0.298 e. The van der Waals surface area contributed by atoms with Crippen LogP contribution in [0.15, 0.2) is 60.9 Å². The van der Waals surface area contributed by atoms with Crippen molar-refractivity contribution in [1.29, 1.82) is 0 Å². The van der Waals surface area contributed by atoms with Crippen LogP contribution in [0.3, 0.4) is 0 Å². The molecule has 2 aromatic carbocycles. The van der Waals surface area contributed by atoms with Crippen LogP contribution < -0.4 is 19.9 Å². The van der Waals surface area contributed by atoms with Crippen LogP contribution in [-0.2, 0) is 11.8 Å². The molecule has 11 heteroatoms. The predicted octanol–water partition coefficient (Wildman–Crippen LogP) is 3.98. The fraction of sp³-hybridized carbons (Fsp3) is 0.241.